The third kappa shape index (κ3) is 2.66. The van der Waals surface area contributed by atoms with Crippen LogP contribution in [0.25, 0.3) is 0 Å². The van der Waals surface area contributed by atoms with Crippen molar-refractivity contribution in [3.8, 4) is 0 Å². The van der Waals surface area contributed by atoms with Crippen LogP contribution in [0, 0.1) is 5.41 Å². The van der Waals surface area contributed by atoms with Crippen molar-refractivity contribution in [2.45, 2.75) is 33.1 Å². The van der Waals surface area contributed by atoms with Crippen LogP contribution >= 0.6 is 0 Å². The summed E-state index contributed by atoms with van der Waals surface area (Å²) in [6.45, 7) is 6.62. The zero-order valence-electron chi connectivity index (χ0n) is 7.69. The van der Waals surface area contributed by atoms with Gasteiger partial charge in [-0.15, -0.1) is 0 Å². The number of rotatable bonds is 5. The van der Waals surface area contributed by atoms with Crippen LogP contribution in [0.2, 0.25) is 0 Å². The van der Waals surface area contributed by atoms with Gasteiger partial charge in [0, 0.05) is 13.1 Å². The fraction of sp³-hybridized carbons (Fsp3) is 0.800. The highest BCUT2D eigenvalue weighted by molar-refractivity contribution is 4.94. The smallest absolute Gasteiger partial charge is 0.0135 e. The van der Waals surface area contributed by atoms with Gasteiger partial charge in [-0.2, -0.15) is 0 Å². The van der Waals surface area contributed by atoms with Gasteiger partial charge in [0.05, 0.1) is 0 Å². The molecule has 0 amide bonds. The second-order valence-electron chi connectivity index (χ2n) is 3.55. The quantitative estimate of drug-likeness (QED) is 0.472. The molecule has 11 heavy (non-hydrogen) atoms. The van der Waals surface area contributed by atoms with Crippen LogP contribution in [0.1, 0.15) is 33.1 Å². The molecule has 0 unspecified atom stereocenters. The second kappa shape index (κ2) is 3.91. The van der Waals surface area contributed by atoms with Crippen LogP contribution in [-0.4, -0.2) is 13.1 Å². The van der Waals surface area contributed by atoms with Crippen molar-refractivity contribution in [2.24, 2.45) is 5.41 Å². The van der Waals surface area contributed by atoms with Crippen molar-refractivity contribution in [1.29, 1.82) is 0 Å². The third-order valence-corrected chi connectivity index (χ3v) is 2.70. The van der Waals surface area contributed by atoms with Crippen LogP contribution in [0.5, 0.6) is 0 Å². The van der Waals surface area contributed by atoms with Crippen LogP contribution < -0.4 is 5.32 Å². The molecule has 1 aliphatic rings. The van der Waals surface area contributed by atoms with E-state index >= 15 is 0 Å². The van der Waals surface area contributed by atoms with Crippen LogP contribution in [-0.2, 0) is 0 Å². The fourth-order valence-electron chi connectivity index (χ4n) is 1.37. The van der Waals surface area contributed by atoms with Gasteiger partial charge in [0.1, 0.15) is 0 Å². The van der Waals surface area contributed by atoms with Gasteiger partial charge in [-0.05, 0) is 31.6 Å². The first-order chi connectivity index (χ1) is 5.33. The molecule has 0 bridgehead atoms. The first-order valence-corrected chi connectivity index (χ1v) is 4.65. The lowest BCUT2D eigenvalue weighted by Crippen LogP contribution is -2.23. The van der Waals surface area contributed by atoms with E-state index in [1.54, 1.807) is 0 Å². The highest BCUT2D eigenvalue weighted by Gasteiger charge is 2.39. The summed E-state index contributed by atoms with van der Waals surface area (Å²) in [5, 5.41) is 3.45. The van der Waals surface area contributed by atoms with E-state index in [2.05, 4.69) is 31.3 Å². The minimum Gasteiger partial charge on any atom is -0.313 e. The summed E-state index contributed by atoms with van der Waals surface area (Å²) in [4.78, 5) is 0. The molecule has 0 saturated heterocycles. The number of nitrogens with one attached hydrogen (secondary N) is 1. The van der Waals surface area contributed by atoms with Gasteiger partial charge in [-0.1, -0.05) is 19.1 Å². The molecule has 64 valence electrons. The Hall–Kier alpha value is -0.300. The number of hydrogen-bond acceptors (Lipinski definition) is 1. The Morgan fingerprint density at radius 2 is 2.18 bits per heavy atom. The van der Waals surface area contributed by atoms with E-state index in [4.69, 9.17) is 0 Å². The Bertz CT molecular complexity index is 134. The topological polar surface area (TPSA) is 12.0 Å². The SMILES string of the molecule is C/C=C/CNCC1(CC)CC1. The zero-order valence-corrected chi connectivity index (χ0v) is 7.69. The summed E-state index contributed by atoms with van der Waals surface area (Å²) in [7, 11) is 0. The normalized spacial score (nSPS) is 20.9. The summed E-state index contributed by atoms with van der Waals surface area (Å²) >= 11 is 0. The molecular formula is C10H19N. The van der Waals surface area contributed by atoms with Crippen LogP contribution in [0.4, 0.5) is 0 Å². The second-order valence-corrected chi connectivity index (χ2v) is 3.55. The highest BCUT2D eigenvalue weighted by Crippen LogP contribution is 2.47. The molecule has 1 nitrogen and oxygen atoms in total. The summed E-state index contributed by atoms with van der Waals surface area (Å²) in [5.41, 5.74) is 0.696. The lowest BCUT2D eigenvalue weighted by molar-refractivity contribution is 0.456. The predicted molar refractivity (Wildman–Crippen MR) is 49.6 cm³/mol. The Morgan fingerprint density at radius 1 is 1.45 bits per heavy atom. The summed E-state index contributed by atoms with van der Waals surface area (Å²) < 4.78 is 0. The highest BCUT2D eigenvalue weighted by atomic mass is 14.9. The van der Waals surface area contributed by atoms with Gasteiger partial charge >= 0.3 is 0 Å². The summed E-state index contributed by atoms with van der Waals surface area (Å²) in [5.74, 6) is 0. The average Bonchev–Trinajstić information content (AvgIpc) is 2.80. The van der Waals surface area contributed by atoms with E-state index in [1.807, 2.05) is 0 Å². The van der Waals surface area contributed by atoms with Gasteiger partial charge < -0.3 is 5.32 Å². The zero-order chi connectivity index (χ0) is 8.16. The molecule has 1 fully saturated rings. The fourth-order valence-corrected chi connectivity index (χ4v) is 1.37. The minimum absolute atomic E-state index is 0.696. The van der Waals surface area contributed by atoms with E-state index in [1.165, 1.54) is 25.8 Å². The Morgan fingerprint density at radius 3 is 2.64 bits per heavy atom. The van der Waals surface area contributed by atoms with Gasteiger partial charge in [-0.3, -0.25) is 0 Å². The largest absolute Gasteiger partial charge is 0.313 e. The maximum atomic E-state index is 3.45. The van der Waals surface area contributed by atoms with E-state index in [0.717, 1.165) is 6.54 Å². The Labute approximate surface area is 69.9 Å². The first-order valence-electron chi connectivity index (χ1n) is 4.65. The lowest BCUT2D eigenvalue weighted by Gasteiger charge is -2.11. The molecule has 0 atom stereocenters. The summed E-state index contributed by atoms with van der Waals surface area (Å²) in [6, 6.07) is 0. The molecule has 0 radical (unpaired) electrons. The van der Waals surface area contributed by atoms with Gasteiger partial charge in [0.2, 0.25) is 0 Å². The van der Waals surface area contributed by atoms with Crippen LogP contribution in [0.15, 0.2) is 12.2 Å². The molecule has 0 aromatic heterocycles. The van der Waals surface area contributed by atoms with E-state index < -0.39 is 0 Å². The molecule has 0 aromatic carbocycles. The maximum absolute atomic E-state index is 3.45. The lowest BCUT2D eigenvalue weighted by atomic mass is 10.0. The molecule has 0 aliphatic heterocycles. The molecule has 1 heteroatoms. The number of hydrogen-bond donors (Lipinski definition) is 1. The van der Waals surface area contributed by atoms with Crippen molar-refractivity contribution in [3.63, 3.8) is 0 Å². The Kier molecular flexibility index (Phi) is 3.13. The van der Waals surface area contributed by atoms with Crippen molar-refractivity contribution in [1.82, 2.24) is 5.32 Å². The van der Waals surface area contributed by atoms with Crippen molar-refractivity contribution < 1.29 is 0 Å². The van der Waals surface area contributed by atoms with Crippen LogP contribution in [0.3, 0.4) is 0 Å². The van der Waals surface area contributed by atoms with Crippen molar-refractivity contribution in [3.05, 3.63) is 12.2 Å². The average molecular weight is 153 g/mol. The van der Waals surface area contributed by atoms with Crippen molar-refractivity contribution >= 4 is 0 Å². The molecule has 1 aliphatic carbocycles. The van der Waals surface area contributed by atoms with E-state index in [9.17, 15) is 0 Å². The monoisotopic (exact) mass is 153 g/mol. The molecule has 0 heterocycles. The predicted octanol–water partition coefficient (Wildman–Crippen LogP) is 2.34. The van der Waals surface area contributed by atoms with E-state index in [0.29, 0.717) is 5.41 Å². The standard InChI is InChI=1S/C10H19N/c1-3-5-8-11-9-10(4-2)6-7-10/h3,5,11H,4,6-9H2,1-2H3/b5-3+. The van der Waals surface area contributed by atoms with Crippen molar-refractivity contribution in [2.75, 3.05) is 13.1 Å². The molecular weight excluding hydrogens is 134 g/mol. The van der Waals surface area contributed by atoms with Gasteiger partial charge in [0.15, 0.2) is 0 Å². The minimum atomic E-state index is 0.696. The molecule has 0 spiro atoms. The molecule has 1 saturated carbocycles. The molecule has 1 N–H and O–H groups in total. The molecule has 0 aromatic rings. The van der Waals surface area contributed by atoms with E-state index in [-0.39, 0.29) is 0 Å². The Balaban J connectivity index is 2.03. The van der Waals surface area contributed by atoms with Gasteiger partial charge in [-0.25, -0.2) is 0 Å². The van der Waals surface area contributed by atoms with Gasteiger partial charge in [0.25, 0.3) is 0 Å². The first kappa shape index (κ1) is 8.79. The third-order valence-electron chi connectivity index (χ3n) is 2.70. The number of allylic oxidation sites excluding steroid dienone is 1. The molecule has 1 rings (SSSR count). The summed E-state index contributed by atoms with van der Waals surface area (Å²) in [6.07, 6.45) is 8.48. The maximum Gasteiger partial charge on any atom is 0.0135 e.